The Balaban J connectivity index is 2.45. The molecule has 4 amide bonds. The molecule has 102 valence electrons. The first-order chi connectivity index (χ1) is 8.86. The molecule has 1 fully saturated rings. The number of aryl methyl sites for hydroxylation is 1. The third-order valence-corrected chi connectivity index (χ3v) is 3.14. The summed E-state index contributed by atoms with van der Waals surface area (Å²) in [6, 6.07) is -0.666. The molecule has 0 spiro atoms. The Morgan fingerprint density at radius 3 is 2.68 bits per heavy atom. The van der Waals surface area contributed by atoms with E-state index in [0.717, 1.165) is 0 Å². The van der Waals surface area contributed by atoms with E-state index in [-0.39, 0.29) is 6.54 Å². The number of hydrogen-bond donors (Lipinski definition) is 4. The lowest BCUT2D eigenvalue weighted by Crippen LogP contribution is -2.52. The third-order valence-electron chi connectivity index (χ3n) is 3.14. The molecule has 2 heterocycles. The topological polar surface area (TPSA) is 125 Å². The predicted molar refractivity (Wildman–Crippen MR) is 62.3 cm³/mol. The van der Waals surface area contributed by atoms with Gasteiger partial charge in [-0.2, -0.15) is 5.10 Å². The van der Waals surface area contributed by atoms with Gasteiger partial charge in [-0.25, -0.2) is 9.59 Å². The average Bonchev–Trinajstić information content (AvgIpc) is 2.79. The summed E-state index contributed by atoms with van der Waals surface area (Å²) in [5, 5.41) is 19.4. The summed E-state index contributed by atoms with van der Waals surface area (Å²) >= 11 is 0. The van der Waals surface area contributed by atoms with Gasteiger partial charge in [-0.1, -0.05) is 0 Å². The standard InChI is InChI=1S/C10H13N5O4/c1-5-6(3-12-15(5)2)10(4-11-9(18)19)7(16)13-8(17)14-10/h3,11H,4H2,1-2H3,(H,18,19)(H2,13,14,16,17). The van der Waals surface area contributed by atoms with Gasteiger partial charge in [0.15, 0.2) is 5.54 Å². The number of urea groups is 1. The molecule has 1 aromatic heterocycles. The highest BCUT2D eigenvalue weighted by Gasteiger charge is 2.49. The minimum atomic E-state index is -1.46. The molecule has 1 unspecified atom stereocenters. The van der Waals surface area contributed by atoms with E-state index in [0.29, 0.717) is 11.3 Å². The normalized spacial score (nSPS) is 22.0. The number of carbonyl (C=O) groups excluding carboxylic acids is 2. The highest BCUT2D eigenvalue weighted by molar-refractivity contribution is 6.07. The van der Waals surface area contributed by atoms with Gasteiger partial charge in [0.2, 0.25) is 0 Å². The molecule has 19 heavy (non-hydrogen) atoms. The van der Waals surface area contributed by atoms with Crippen molar-refractivity contribution >= 4 is 18.0 Å². The van der Waals surface area contributed by atoms with E-state index in [1.54, 1.807) is 14.0 Å². The quantitative estimate of drug-likeness (QED) is 0.524. The molecule has 9 nitrogen and oxygen atoms in total. The Morgan fingerprint density at radius 1 is 1.58 bits per heavy atom. The molecule has 0 radical (unpaired) electrons. The second-order valence-electron chi connectivity index (χ2n) is 4.24. The summed E-state index contributed by atoms with van der Waals surface area (Å²) in [6.45, 7) is 1.45. The van der Waals surface area contributed by atoms with Crippen LogP contribution in [0.25, 0.3) is 0 Å². The molecular weight excluding hydrogens is 254 g/mol. The molecule has 1 aliphatic rings. The van der Waals surface area contributed by atoms with E-state index in [2.05, 4.69) is 21.0 Å². The van der Waals surface area contributed by atoms with Crippen molar-refractivity contribution < 1.29 is 19.5 Å². The maximum Gasteiger partial charge on any atom is 0.404 e. The highest BCUT2D eigenvalue weighted by Crippen LogP contribution is 2.26. The Labute approximate surface area is 108 Å². The van der Waals surface area contributed by atoms with Gasteiger partial charge >= 0.3 is 12.1 Å². The number of nitrogens with zero attached hydrogens (tertiary/aromatic N) is 2. The van der Waals surface area contributed by atoms with Crippen LogP contribution in [-0.2, 0) is 17.4 Å². The van der Waals surface area contributed by atoms with Gasteiger partial charge in [-0.05, 0) is 6.92 Å². The van der Waals surface area contributed by atoms with E-state index in [1.807, 2.05) is 0 Å². The summed E-state index contributed by atoms with van der Waals surface area (Å²) in [4.78, 5) is 34.0. The fourth-order valence-corrected chi connectivity index (χ4v) is 2.03. The van der Waals surface area contributed by atoms with E-state index >= 15 is 0 Å². The van der Waals surface area contributed by atoms with E-state index in [4.69, 9.17) is 5.11 Å². The molecule has 0 aliphatic carbocycles. The number of nitrogens with one attached hydrogen (secondary N) is 3. The Kier molecular flexibility index (Phi) is 2.89. The van der Waals surface area contributed by atoms with Crippen LogP contribution in [0.15, 0.2) is 6.20 Å². The van der Waals surface area contributed by atoms with Gasteiger partial charge in [-0.15, -0.1) is 0 Å². The van der Waals surface area contributed by atoms with Crippen LogP contribution in [0.4, 0.5) is 9.59 Å². The third kappa shape index (κ3) is 1.98. The highest BCUT2D eigenvalue weighted by atomic mass is 16.4. The van der Waals surface area contributed by atoms with Crippen molar-refractivity contribution in [2.75, 3.05) is 6.54 Å². The Bertz CT molecular complexity index is 566. The summed E-state index contributed by atoms with van der Waals surface area (Å²) in [6.07, 6.45) is 0.152. The summed E-state index contributed by atoms with van der Waals surface area (Å²) in [5.41, 5.74) is -0.356. The van der Waals surface area contributed by atoms with Crippen LogP contribution in [0.1, 0.15) is 11.3 Å². The van der Waals surface area contributed by atoms with Crippen LogP contribution in [-0.4, -0.2) is 39.5 Å². The molecule has 1 aromatic rings. The number of amides is 4. The number of carboxylic acid groups (broad SMARTS) is 1. The summed E-state index contributed by atoms with van der Waals surface area (Å²) in [7, 11) is 1.69. The molecule has 0 saturated carbocycles. The number of imide groups is 1. The Hall–Kier alpha value is -2.58. The molecule has 1 saturated heterocycles. The monoisotopic (exact) mass is 267 g/mol. The number of rotatable bonds is 3. The van der Waals surface area contributed by atoms with Crippen molar-refractivity contribution in [3.05, 3.63) is 17.5 Å². The smallest absolute Gasteiger partial charge is 0.404 e. The van der Waals surface area contributed by atoms with Crippen molar-refractivity contribution in [3.63, 3.8) is 0 Å². The van der Waals surface area contributed by atoms with Gasteiger partial charge in [0.1, 0.15) is 0 Å². The zero-order valence-electron chi connectivity index (χ0n) is 10.4. The van der Waals surface area contributed by atoms with Crippen LogP contribution in [0.3, 0.4) is 0 Å². The van der Waals surface area contributed by atoms with Gasteiger partial charge in [0.05, 0.1) is 12.7 Å². The lowest BCUT2D eigenvalue weighted by molar-refractivity contribution is -0.124. The van der Waals surface area contributed by atoms with Crippen LogP contribution < -0.4 is 16.0 Å². The first kappa shape index (κ1) is 12.9. The van der Waals surface area contributed by atoms with Crippen molar-refractivity contribution in [1.82, 2.24) is 25.7 Å². The number of carbonyl (C=O) groups is 3. The van der Waals surface area contributed by atoms with Crippen molar-refractivity contribution in [2.24, 2.45) is 7.05 Å². The van der Waals surface area contributed by atoms with Crippen molar-refractivity contribution in [3.8, 4) is 0 Å². The SMILES string of the molecule is Cc1c(C2(CNC(=O)O)NC(=O)NC2=O)cnn1C. The molecule has 1 aliphatic heterocycles. The molecule has 1 atom stereocenters. The first-order valence-corrected chi connectivity index (χ1v) is 5.46. The fraction of sp³-hybridized carbons (Fsp3) is 0.400. The second kappa shape index (κ2) is 4.26. The molecule has 0 aromatic carbocycles. The molecular formula is C10H13N5O4. The predicted octanol–water partition coefficient (Wildman–Crippen LogP) is -0.969. The van der Waals surface area contributed by atoms with Crippen molar-refractivity contribution in [2.45, 2.75) is 12.5 Å². The molecule has 4 N–H and O–H groups in total. The van der Waals surface area contributed by atoms with Gasteiger partial charge in [0, 0.05) is 18.3 Å². The Morgan fingerprint density at radius 2 is 2.26 bits per heavy atom. The van der Waals surface area contributed by atoms with E-state index in [1.165, 1.54) is 10.9 Å². The lowest BCUT2D eigenvalue weighted by atomic mass is 9.90. The van der Waals surface area contributed by atoms with Crippen molar-refractivity contribution in [1.29, 1.82) is 0 Å². The van der Waals surface area contributed by atoms with E-state index in [9.17, 15) is 14.4 Å². The minimum Gasteiger partial charge on any atom is -0.465 e. The summed E-state index contributed by atoms with van der Waals surface area (Å²) in [5.74, 6) is -0.609. The van der Waals surface area contributed by atoms with Gasteiger partial charge < -0.3 is 15.7 Å². The second-order valence-corrected chi connectivity index (χ2v) is 4.24. The zero-order chi connectivity index (χ0) is 14.2. The average molecular weight is 267 g/mol. The van der Waals surface area contributed by atoms with Gasteiger partial charge in [0.25, 0.3) is 5.91 Å². The van der Waals surface area contributed by atoms with Crippen LogP contribution in [0.5, 0.6) is 0 Å². The largest absolute Gasteiger partial charge is 0.465 e. The van der Waals surface area contributed by atoms with Gasteiger partial charge in [-0.3, -0.25) is 14.8 Å². The minimum absolute atomic E-state index is 0.271. The molecule has 9 heteroatoms. The maximum absolute atomic E-state index is 12.0. The maximum atomic E-state index is 12.0. The van der Waals surface area contributed by atoms with Crippen LogP contribution >= 0.6 is 0 Å². The number of aromatic nitrogens is 2. The number of hydrogen-bond acceptors (Lipinski definition) is 4. The molecule has 2 rings (SSSR count). The van der Waals surface area contributed by atoms with Crippen LogP contribution in [0.2, 0.25) is 0 Å². The van der Waals surface area contributed by atoms with Crippen LogP contribution in [0, 0.1) is 6.92 Å². The summed E-state index contributed by atoms with van der Waals surface area (Å²) < 4.78 is 1.54. The lowest BCUT2D eigenvalue weighted by Gasteiger charge is -2.25. The zero-order valence-corrected chi connectivity index (χ0v) is 10.4. The molecule has 0 bridgehead atoms. The van der Waals surface area contributed by atoms with E-state index < -0.39 is 23.6 Å². The first-order valence-electron chi connectivity index (χ1n) is 5.46. The fourth-order valence-electron chi connectivity index (χ4n) is 2.03.